The van der Waals surface area contributed by atoms with Crippen LogP contribution < -0.4 is 10.5 Å². The average Bonchev–Trinajstić information content (AvgIpc) is 2.38. The van der Waals surface area contributed by atoms with Crippen molar-refractivity contribution in [3.8, 4) is 5.75 Å². The fourth-order valence-electron chi connectivity index (χ4n) is 1.96. The fourth-order valence-corrected chi connectivity index (χ4v) is 1.96. The van der Waals surface area contributed by atoms with Crippen LogP contribution >= 0.6 is 0 Å². The molecule has 0 saturated carbocycles. The van der Waals surface area contributed by atoms with Gasteiger partial charge < -0.3 is 15.2 Å². The van der Waals surface area contributed by atoms with Crippen LogP contribution in [-0.4, -0.2) is 43.9 Å². The number of hydrogen-bond donors (Lipinski definition) is 1. The Labute approximate surface area is 102 Å². The van der Waals surface area contributed by atoms with Gasteiger partial charge in [-0.25, -0.2) is 0 Å². The van der Waals surface area contributed by atoms with E-state index in [1.807, 2.05) is 24.3 Å². The van der Waals surface area contributed by atoms with Gasteiger partial charge in [-0.2, -0.15) is 0 Å². The molecule has 94 valence electrons. The lowest BCUT2D eigenvalue weighted by Crippen LogP contribution is -2.44. The van der Waals surface area contributed by atoms with Crippen LogP contribution in [0.4, 0.5) is 5.69 Å². The molecule has 1 aromatic rings. The molecule has 0 amide bonds. The lowest BCUT2D eigenvalue weighted by molar-refractivity contribution is -0.0462. The Kier molecular flexibility index (Phi) is 4.23. The number of ether oxygens (including phenoxy) is 2. The Balaban J connectivity index is 1.84. The summed E-state index contributed by atoms with van der Waals surface area (Å²) in [7, 11) is 0. The number of nitrogen functional groups attached to an aromatic ring is 1. The predicted octanol–water partition coefficient (Wildman–Crippen LogP) is 1.37. The number of anilines is 1. The van der Waals surface area contributed by atoms with Crippen molar-refractivity contribution < 1.29 is 9.47 Å². The predicted molar refractivity (Wildman–Crippen MR) is 68.2 cm³/mol. The number of para-hydroxylation sites is 2. The van der Waals surface area contributed by atoms with Gasteiger partial charge in [0.1, 0.15) is 18.5 Å². The molecule has 4 heteroatoms. The monoisotopic (exact) mass is 236 g/mol. The minimum Gasteiger partial charge on any atom is -0.489 e. The molecule has 1 aliphatic rings. The maximum atomic E-state index is 5.81. The number of nitrogens with two attached hydrogens (primary N) is 1. The molecular formula is C13H20N2O2. The van der Waals surface area contributed by atoms with Crippen LogP contribution in [-0.2, 0) is 4.74 Å². The molecule has 4 nitrogen and oxygen atoms in total. The highest BCUT2D eigenvalue weighted by molar-refractivity contribution is 5.51. The lowest BCUT2D eigenvalue weighted by Gasteiger charge is -2.31. The van der Waals surface area contributed by atoms with Crippen molar-refractivity contribution in [3.63, 3.8) is 0 Å². The number of morpholine rings is 1. The molecule has 17 heavy (non-hydrogen) atoms. The molecule has 1 atom stereocenters. The maximum absolute atomic E-state index is 5.81. The third-order valence-electron chi connectivity index (χ3n) is 3.01. The van der Waals surface area contributed by atoms with Crippen molar-refractivity contribution in [1.29, 1.82) is 0 Å². The van der Waals surface area contributed by atoms with E-state index in [0.717, 1.165) is 32.0 Å². The third-order valence-corrected chi connectivity index (χ3v) is 3.01. The minimum atomic E-state index is 0.142. The second-order valence-electron chi connectivity index (χ2n) is 4.23. The first-order chi connectivity index (χ1) is 8.29. The van der Waals surface area contributed by atoms with Gasteiger partial charge in [0.25, 0.3) is 0 Å². The number of hydrogen-bond acceptors (Lipinski definition) is 4. The maximum Gasteiger partial charge on any atom is 0.142 e. The first-order valence-electron chi connectivity index (χ1n) is 6.11. The van der Waals surface area contributed by atoms with Gasteiger partial charge in [0.2, 0.25) is 0 Å². The van der Waals surface area contributed by atoms with Crippen LogP contribution in [0.5, 0.6) is 5.75 Å². The zero-order valence-electron chi connectivity index (χ0n) is 10.3. The summed E-state index contributed by atoms with van der Waals surface area (Å²) in [5, 5.41) is 0. The van der Waals surface area contributed by atoms with Crippen LogP contribution in [0, 0.1) is 0 Å². The Morgan fingerprint density at radius 3 is 3.06 bits per heavy atom. The highest BCUT2D eigenvalue weighted by atomic mass is 16.5. The second kappa shape index (κ2) is 5.89. The van der Waals surface area contributed by atoms with Crippen molar-refractivity contribution in [2.24, 2.45) is 0 Å². The smallest absolute Gasteiger partial charge is 0.142 e. The Morgan fingerprint density at radius 1 is 1.47 bits per heavy atom. The molecule has 0 bridgehead atoms. The number of benzene rings is 1. The topological polar surface area (TPSA) is 47.7 Å². The normalized spacial score (nSPS) is 21.4. The van der Waals surface area contributed by atoms with Crippen molar-refractivity contribution in [3.05, 3.63) is 24.3 Å². The van der Waals surface area contributed by atoms with E-state index in [0.29, 0.717) is 12.3 Å². The molecule has 0 radical (unpaired) electrons. The van der Waals surface area contributed by atoms with Gasteiger partial charge in [0.15, 0.2) is 0 Å². The minimum absolute atomic E-state index is 0.142. The Bertz CT molecular complexity index is 357. The summed E-state index contributed by atoms with van der Waals surface area (Å²) in [6, 6.07) is 7.55. The molecule has 1 heterocycles. The average molecular weight is 236 g/mol. The van der Waals surface area contributed by atoms with Gasteiger partial charge in [0, 0.05) is 13.1 Å². The third kappa shape index (κ3) is 3.35. The summed E-state index contributed by atoms with van der Waals surface area (Å²) in [5.74, 6) is 0.740. The van der Waals surface area contributed by atoms with Crippen molar-refractivity contribution in [2.75, 3.05) is 38.6 Å². The summed E-state index contributed by atoms with van der Waals surface area (Å²) in [4.78, 5) is 2.37. The molecule has 1 fully saturated rings. The first kappa shape index (κ1) is 12.2. The zero-order chi connectivity index (χ0) is 12.1. The van der Waals surface area contributed by atoms with Gasteiger partial charge in [-0.15, -0.1) is 0 Å². The van der Waals surface area contributed by atoms with Crippen molar-refractivity contribution >= 4 is 5.69 Å². The van der Waals surface area contributed by atoms with E-state index in [1.165, 1.54) is 0 Å². The molecule has 1 saturated heterocycles. The molecule has 0 aromatic heterocycles. The van der Waals surface area contributed by atoms with E-state index >= 15 is 0 Å². The summed E-state index contributed by atoms with van der Waals surface area (Å²) in [6.07, 6.45) is 0.142. The molecule has 2 rings (SSSR count). The molecule has 2 N–H and O–H groups in total. The Hall–Kier alpha value is -1.26. The van der Waals surface area contributed by atoms with Crippen LogP contribution in [0.25, 0.3) is 0 Å². The van der Waals surface area contributed by atoms with E-state index in [-0.39, 0.29) is 6.10 Å². The quantitative estimate of drug-likeness (QED) is 0.802. The lowest BCUT2D eigenvalue weighted by atomic mass is 10.2. The Morgan fingerprint density at radius 2 is 2.29 bits per heavy atom. The first-order valence-corrected chi connectivity index (χ1v) is 6.11. The van der Waals surface area contributed by atoms with E-state index in [2.05, 4.69) is 11.8 Å². The highest BCUT2D eigenvalue weighted by Crippen LogP contribution is 2.20. The van der Waals surface area contributed by atoms with Gasteiger partial charge in [-0.1, -0.05) is 19.1 Å². The van der Waals surface area contributed by atoms with E-state index < -0.39 is 0 Å². The number of rotatable bonds is 4. The molecule has 1 aliphatic heterocycles. The number of likely N-dealkylation sites (N-methyl/N-ethyl adjacent to an activating group) is 1. The van der Waals surface area contributed by atoms with Crippen LogP contribution in [0.3, 0.4) is 0 Å². The molecule has 1 aromatic carbocycles. The van der Waals surface area contributed by atoms with Gasteiger partial charge in [-0.05, 0) is 18.7 Å². The van der Waals surface area contributed by atoms with Crippen molar-refractivity contribution in [1.82, 2.24) is 4.90 Å². The molecule has 1 unspecified atom stereocenters. The molecular weight excluding hydrogens is 216 g/mol. The zero-order valence-corrected chi connectivity index (χ0v) is 10.3. The van der Waals surface area contributed by atoms with Crippen LogP contribution in [0.15, 0.2) is 24.3 Å². The van der Waals surface area contributed by atoms with Crippen molar-refractivity contribution in [2.45, 2.75) is 13.0 Å². The van der Waals surface area contributed by atoms with Gasteiger partial charge in [0.05, 0.1) is 12.3 Å². The highest BCUT2D eigenvalue weighted by Gasteiger charge is 2.19. The van der Waals surface area contributed by atoms with Crippen LogP contribution in [0.2, 0.25) is 0 Å². The van der Waals surface area contributed by atoms with E-state index in [9.17, 15) is 0 Å². The second-order valence-corrected chi connectivity index (χ2v) is 4.23. The van der Waals surface area contributed by atoms with E-state index in [4.69, 9.17) is 15.2 Å². The number of nitrogens with zero attached hydrogens (tertiary/aromatic N) is 1. The summed E-state index contributed by atoms with van der Waals surface area (Å²) < 4.78 is 11.4. The van der Waals surface area contributed by atoms with Crippen LogP contribution in [0.1, 0.15) is 6.92 Å². The summed E-state index contributed by atoms with van der Waals surface area (Å²) in [5.41, 5.74) is 6.49. The molecule has 0 spiro atoms. The molecule has 0 aliphatic carbocycles. The summed E-state index contributed by atoms with van der Waals surface area (Å²) >= 11 is 0. The van der Waals surface area contributed by atoms with E-state index in [1.54, 1.807) is 0 Å². The largest absolute Gasteiger partial charge is 0.489 e. The fraction of sp³-hybridized carbons (Fsp3) is 0.538. The summed E-state index contributed by atoms with van der Waals surface area (Å²) in [6.45, 7) is 6.52. The van der Waals surface area contributed by atoms with Gasteiger partial charge in [-0.3, -0.25) is 4.90 Å². The van der Waals surface area contributed by atoms with Gasteiger partial charge >= 0.3 is 0 Å². The SMILES string of the molecule is CCN1CCOC(COc2ccccc2N)C1. The standard InChI is InChI=1S/C13H20N2O2/c1-2-15-7-8-16-11(9-15)10-17-13-6-4-3-5-12(13)14/h3-6,11H,2,7-10,14H2,1H3.